The molecule has 0 aromatic carbocycles. The summed E-state index contributed by atoms with van der Waals surface area (Å²) in [6.45, 7) is 4.00. The number of rotatable bonds is 1. The summed E-state index contributed by atoms with van der Waals surface area (Å²) in [5, 5.41) is 0. The van der Waals surface area contributed by atoms with Crippen LogP contribution in [0.4, 0.5) is 0 Å². The maximum absolute atomic E-state index is 11.5. The van der Waals surface area contributed by atoms with Crippen LogP contribution in [0.2, 0.25) is 0 Å². The number of hydrogen-bond acceptors (Lipinski definition) is 3. The van der Waals surface area contributed by atoms with Gasteiger partial charge in [0.1, 0.15) is 4.83 Å². The van der Waals surface area contributed by atoms with Gasteiger partial charge in [0.2, 0.25) is 0 Å². The van der Waals surface area contributed by atoms with Gasteiger partial charge < -0.3 is 0 Å². The van der Waals surface area contributed by atoms with E-state index in [4.69, 9.17) is 0 Å². The van der Waals surface area contributed by atoms with Gasteiger partial charge in [-0.1, -0.05) is 11.3 Å². The van der Waals surface area contributed by atoms with Crippen LogP contribution < -0.4 is 4.87 Å². The van der Waals surface area contributed by atoms with Crippen molar-refractivity contribution < 1.29 is 0 Å². The van der Waals surface area contributed by atoms with Gasteiger partial charge in [-0.05, 0) is 26.0 Å². The molecule has 0 aliphatic heterocycles. The van der Waals surface area contributed by atoms with Gasteiger partial charge in [-0.15, -0.1) is 0 Å². The SMILES string of the molecule is CC(C)n1c(=O)sc2ncccc21. The molecule has 3 nitrogen and oxygen atoms in total. The van der Waals surface area contributed by atoms with Crippen molar-refractivity contribution in [3.63, 3.8) is 0 Å². The third-order valence-electron chi connectivity index (χ3n) is 1.91. The average molecular weight is 194 g/mol. The summed E-state index contributed by atoms with van der Waals surface area (Å²) in [7, 11) is 0. The Morgan fingerprint density at radius 1 is 1.54 bits per heavy atom. The molecule has 0 spiro atoms. The highest BCUT2D eigenvalue weighted by atomic mass is 32.1. The third-order valence-corrected chi connectivity index (χ3v) is 2.79. The van der Waals surface area contributed by atoms with Crippen molar-refractivity contribution in [2.45, 2.75) is 19.9 Å². The minimum atomic E-state index is 0.0729. The van der Waals surface area contributed by atoms with Gasteiger partial charge >= 0.3 is 4.87 Å². The largest absolute Gasteiger partial charge is 0.309 e. The molecule has 0 unspecified atom stereocenters. The number of aromatic nitrogens is 2. The topological polar surface area (TPSA) is 34.9 Å². The van der Waals surface area contributed by atoms with Crippen LogP contribution in [0.15, 0.2) is 23.1 Å². The van der Waals surface area contributed by atoms with Gasteiger partial charge in [0.25, 0.3) is 0 Å². The molecule has 2 heterocycles. The second-order valence-electron chi connectivity index (χ2n) is 3.16. The van der Waals surface area contributed by atoms with E-state index in [0.29, 0.717) is 0 Å². The van der Waals surface area contributed by atoms with Gasteiger partial charge in [0.15, 0.2) is 0 Å². The lowest BCUT2D eigenvalue weighted by atomic mass is 10.3. The number of nitrogens with zero attached hydrogens (tertiary/aromatic N) is 2. The summed E-state index contributed by atoms with van der Waals surface area (Å²) >= 11 is 1.20. The third kappa shape index (κ3) is 1.27. The van der Waals surface area contributed by atoms with E-state index in [-0.39, 0.29) is 10.9 Å². The van der Waals surface area contributed by atoms with Crippen molar-refractivity contribution in [3.8, 4) is 0 Å². The molecule has 0 atom stereocenters. The van der Waals surface area contributed by atoms with Crippen molar-refractivity contribution in [1.29, 1.82) is 0 Å². The highest BCUT2D eigenvalue weighted by molar-refractivity contribution is 7.15. The minimum Gasteiger partial charge on any atom is -0.295 e. The molecule has 13 heavy (non-hydrogen) atoms. The zero-order valence-electron chi connectivity index (χ0n) is 7.52. The van der Waals surface area contributed by atoms with Gasteiger partial charge in [-0.3, -0.25) is 9.36 Å². The molecule has 0 amide bonds. The summed E-state index contributed by atoms with van der Waals surface area (Å²) in [6.07, 6.45) is 1.71. The fourth-order valence-electron chi connectivity index (χ4n) is 1.36. The summed E-state index contributed by atoms with van der Waals surface area (Å²) in [5.41, 5.74) is 0.938. The molecule has 0 saturated heterocycles. The Morgan fingerprint density at radius 2 is 2.31 bits per heavy atom. The predicted molar refractivity (Wildman–Crippen MR) is 54.3 cm³/mol. The molecule has 2 rings (SSSR count). The molecule has 0 aliphatic carbocycles. The molecule has 0 bridgehead atoms. The zero-order valence-corrected chi connectivity index (χ0v) is 8.34. The van der Waals surface area contributed by atoms with E-state index in [0.717, 1.165) is 10.3 Å². The molecular weight excluding hydrogens is 184 g/mol. The van der Waals surface area contributed by atoms with Crippen LogP contribution in [0.1, 0.15) is 19.9 Å². The molecule has 0 radical (unpaired) electrons. The Morgan fingerprint density at radius 3 is 3.00 bits per heavy atom. The Hall–Kier alpha value is -1.16. The van der Waals surface area contributed by atoms with Crippen LogP contribution in [0.5, 0.6) is 0 Å². The Bertz CT molecular complexity index is 484. The minimum absolute atomic E-state index is 0.0729. The first kappa shape index (κ1) is 8.44. The van der Waals surface area contributed by atoms with E-state index >= 15 is 0 Å². The first-order chi connectivity index (χ1) is 6.20. The van der Waals surface area contributed by atoms with Crippen LogP contribution >= 0.6 is 11.3 Å². The summed E-state index contributed by atoms with van der Waals surface area (Å²) in [6, 6.07) is 3.98. The second-order valence-corrected chi connectivity index (χ2v) is 4.10. The van der Waals surface area contributed by atoms with Crippen molar-refractivity contribution in [1.82, 2.24) is 9.55 Å². The van der Waals surface area contributed by atoms with Crippen LogP contribution in [0, 0.1) is 0 Å². The normalized spacial score (nSPS) is 11.3. The van der Waals surface area contributed by atoms with Crippen LogP contribution in [-0.2, 0) is 0 Å². The monoisotopic (exact) mass is 194 g/mol. The standard InChI is InChI=1S/C9H10N2OS/c1-6(2)11-7-4-3-5-10-8(7)13-9(11)12/h3-6H,1-2H3. The lowest BCUT2D eigenvalue weighted by Gasteiger charge is -2.05. The highest BCUT2D eigenvalue weighted by Gasteiger charge is 2.09. The van der Waals surface area contributed by atoms with Gasteiger partial charge in [-0.25, -0.2) is 4.98 Å². The molecule has 4 heteroatoms. The predicted octanol–water partition coefficient (Wildman–Crippen LogP) is 2.04. The average Bonchev–Trinajstić information content (AvgIpc) is 2.39. The molecule has 2 aromatic rings. The summed E-state index contributed by atoms with van der Waals surface area (Å²) in [4.78, 5) is 16.6. The van der Waals surface area contributed by atoms with Crippen LogP contribution in [-0.4, -0.2) is 9.55 Å². The molecule has 0 fully saturated rings. The maximum Gasteiger partial charge on any atom is 0.309 e. The zero-order chi connectivity index (χ0) is 9.42. The molecular formula is C9H10N2OS. The van der Waals surface area contributed by atoms with E-state index in [1.807, 2.05) is 26.0 Å². The molecule has 0 N–H and O–H groups in total. The molecule has 2 aromatic heterocycles. The van der Waals surface area contributed by atoms with Gasteiger partial charge in [-0.2, -0.15) is 0 Å². The van der Waals surface area contributed by atoms with E-state index < -0.39 is 0 Å². The van der Waals surface area contributed by atoms with Gasteiger partial charge in [0, 0.05) is 12.2 Å². The fourth-order valence-corrected chi connectivity index (χ4v) is 2.32. The first-order valence-electron chi connectivity index (χ1n) is 4.16. The van der Waals surface area contributed by atoms with Crippen molar-refractivity contribution in [2.24, 2.45) is 0 Å². The summed E-state index contributed by atoms with van der Waals surface area (Å²) in [5.74, 6) is 0. The van der Waals surface area contributed by atoms with Crippen LogP contribution in [0.25, 0.3) is 10.3 Å². The fraction of sp³-hybridized carbons (Fsp3) is 0.333. The first-order valence-corrected chi connectivity index (χ1v) is 4.98. The van der Waals surface area contributed by atoms with Gasteiger partial charge in [0.05, 0.1) is 5.52 Å². The highest BCUT2D eigenvalue weighted by Crippen LogP contribution is 2.17. The van der Waals surface area contributed by atoms with Crippen molar-refractivity contribution in [3.05, 3.63) is 28.0 Å². The number of fused-ring (bicyclic) bond motifs is 1. The van der Waals surface area contributed by atoms with E-state index in [1.165, 1.54) is 11.3 Å². The van der Waals surface area contributed by atoms with Crippen molar-refractivity contribution in [2.75, 3.05) is 0 Å². The second kappa shape index (κ2) is 2.96. The Kier molecular flexibility index (Phi) is 1.92. The van der Waals surface area contributed by atoms with E-state index in [2.05, 4.69) is 4.98 Å². The lowest BCUT2D eigenvalue weighted by molar-refractivity contribution is 0.611. The maximum atomic E-state index is 11.5. The Labute approximate surface area is 79.7 Å². The van der Waals surface area contributed by atoms with E-state index in [1.54, 1.807) is 10.8 Å². The smallest absolute Gasteiger partial charge is 0.295 e. The van der Waals surface area contributed by atoms with Crippen molar-refractivity contribution >= 4 is 21.7 Å². The molecule has 68 valence electrons. The number of pyridine rings is 1. The molecule has 0 saturated carbocycles. The van der Waals surface area contributed by atoms with E-state index in [9.17, 15) is 4.79 Å². The lowest BCUT2D eigenvalue weighted by Crippen LogP contribution is -2.14. The number of hydrogen-bond donors (Lipinski definition) is 0. The van der Waals surface area contributed by atoms with Crippen LogP contribution in [0.3, 0.4) is 0 Å². The Balaban J connectivity index is 2.87. The molecule has 0 aliphatic rings. The summed E-state index contributed by atoms with van der Waals surface area (Å²) < 4.78 is 1.77. The quantitative estimate of drug-likeness (QED) is 0.696. The number of thiazole rings is 1.